The van der Waals surface area contributed by atoms with Crippen molar-refractivity contribution in [2.24, 2.45) is 0 Å². The third-order valence-corrected chi connectivity index (χ3v) is 4.13. The summed E-state index contributed by atoms with van der Waals surface area (Å²) in [6.07, 6.45) is 1.51. The number of nitrogens with one attached hydrogen (secondary N) is 1. The Morgan fingerprint density at radius 2 is 1.89 bits per heavy atom. The van der Waals surface area contributed by atoms with Gasteiger partial charge in [-0.3, -0.25) is 0 Å². The number of hydrogen-bond acceptors (Lipinski definition) is 3. The summed E-state index contributed by atoms with van der Waals surface area (Å²) in [5.74, 6) is 0.580. The van der Waals surface area contributed by atoms with Crippen LogP contribution >= 0.6 is 0 Å². The van der Waals surface area contributed by atoms with Crippen LogP contribution in [0.15, 0.2) is 53.1 Å². The summed E-state index contributed by atoms with van der Waals surface area (Å²) in [6.45, 7) is 0.475. The van der Waals surface area contributed by atoms with Gasteiger partial charge < -0.3 is 4.42 Å². The van der Waals surface area contributed by atoms with Gasteiger partial charge in [-0.25, -0.2) is 0 Å². The molecule has 0 amide bonds. The van der Waals surface area contributed by atoms with Crippen LogP contribution in [-0.4, -0.2) is 19.8 Å². The van der Waals surface area contributed by atoms with Crippen LogP contribution in [0.25, 0.3) is 0 Å². The van der Waals surface area contributed by atoms with E-state index in [9.17, 15) is 8.42 Å². The fourth-order valence-corrected chi connectivity index (χ4v) is 2.48. The lowest BCUT2D eigenvalue weighted by atomic mass is 10.2. The third kappa shape index (κ3) is 3.92. The molecule has 0 spiro atoms. The second kappa shape index (κ2) is 6.01. The van der Waals surface area contributed by atoms with E-state index in [-0.39, 0.29) is 6.54 Å². The lowest BCUT2D eigenvalue weighted by Gasteiger charge is -2.17. The van der Waals surface area contributed by atoms with E-state index in [1.807, 2.05) is 30.3 Å². The molecule has 2 rings (SSSR count). The number of nitrogens with zero attached hydrogens (tertiary/aromatic N) is 1. The van der Waals surface area contributed by atoms with E-state index in [4.69, 9.17) is 4.42 Å². The first-order valence-corrected chi connectivity index (χ1v) is 7.29. The molecule has 0 aliphatic carbocycles. The van der Waals surface area contributed by atoms with Crippen LogP contribution in [0.3, 0.4) is 0 Å². The van der Waals surface area contributed by atoms with Crippen molar-refractivity contribution in [2.45, 2.75) is 13.1 Å². The van der Waals surface area contributed by atoms with Crippen LogP contribution in [0.4, 0.5) is 0 Å². The summed E-state index contributed by atoms with van der Waals surface area (Å²) in [4.78, 5) is 0. The summed E-state index contributed by atoms with van der Waals surface area (Å²) >= 11 is 0. The molecule has 0 saturated heterocycles. The van der Waals surface area contributed by atoms with Gasteiger partial charge in [0.1, 0.15) is 5.76 Å². The molecule has 1 heterocycles. The monoisotopic (exact) mass is 280 g/mol. The first kappa shape index (κ1) is 13.8. The molecule has 6 heteroatoms. The minimum absolute atomic E-state index is 0.147. The standard InChI is InChI=1S/C13H16N2O3S/c1-15(11-12-6-3-2-4-7-12)19(16,17)14-10-13-8-5-9-18-13/h2-9,14H,10-11H2,1H3. The highest BCUT2D eigenvalue weighted by molar-refractivity contribution is 7.87. The molecule has 0 unspecified atom stereocenters. The quantitative estimate of drug-likeness (QED) is 0.876. The first-order chi connectivity index (χ1) is 9.08. The van der Waals surface area contributed by atoms with Crippen LogP contribution in [0.2, 0.25) is 0 Å². The predicted molar refractivity (Wildman–Crippen MR) is 72.4 cm³/mol. The van der Waals surface area contributed by atoms with Crippen molar-refractivity contribution in [1.82, 2.24) is 9.03 Å². The van der Waals surface area contributed by atoms with Gasteiger partial charge in [0.15, 0.2) is 0 Å². The van der Waals surface area contributed by atoms with Crippen LogP contribution in [-0.2, 0) is 23.3 Å². The molecule has 102 valence electrons. The van der Waals surface area contributed by atoms with Crippen LogP contribution in [0.1, 0.15) is 11.3 Å². The molecule has 1 aromatic heterocycles. The Hall–Kier alpha value is -1.63. The van der Waals surface area contributed by atoms with E-state index in [0.717, 1.165) is 5.56 Å². The van der Waals surface area contributed by atoms with Gasteiger partial charge in [-0.05, 0) is 17.7 Å². The third-order valence-electron chi connectivity index (χ3n) is 2.67. The molecule has 0 bridgehead atoms. The molecule has 0 aliphatic rings. The molecule has 1 aromatic carbocycles. The normalized spacial score (nSPS) is 11.9. The van der Waals surface area contributed by atoms with E-state index in [2.05, 4.69) is 4.72 Å². The Labute approximate surface area is 113 Å². The Balaban J connectivity index is 1.95. The highest BCUT2D eigenvalue weighted by Gasteiger charge is 2.17. The van der Waals surface area contributed by atoms with E-state index >= 15 is 0 Å². The molecule has 0 saturated carbocycles. The molecule has 19 heavy (non-hydrogen) atoms. The number of rotatable bonds is 6. The van der Waals surface area contributed by atoms with Gasteiger partial charge in [0.2, 0.25) is 0 Å². The fourth-order valence-electron chi connectivity index (χ4n) is 1.61. The highest BCUT2D eigenvalue weighted by Crippen LogP contribution is 2.07. The van der Waals surface area contributed by atoms with E-state index < -0.39 is 10.2 Å². The molecule has 5 nitrogen and oxygen atoms in total. The molecule has 1 N–H and O–H groups in total. The van der Waals surface area contributed by atoms with Gasteiger partial charge >= 0.3 is 0 Å². The average molecular weight is 280 g/mol. The van der Waals surface area contributed by atoms with Crippen molar-refractivity contribution < 1.29 is 12.8 Å². The molecule has 0 atom stereocenters. The zero-order valence-electron chi connectivity index (χ0n) is 10.6. The molecular weight excluding hydrogens is 264 g/mol. The fraction of sp³-hybridized carbons (Fsp3) is 0.231. The minimum atomic E-state index is -3.51. The van der Waals surface area contributed by atoms with Crippen molar-refractivity contribution >= 4 is 10.2 Å². The second-order valence-electron chi connectivity index (χ2n) is 4.15. The largest absolute Gasteiger partial charge is 0.468 e. The summed E-state index contributed by atoms with van der Waals surface area (Å²) < 4.78 is 32.8. The summed E-state index contributed by atoms with van der Waals surface area (Å²) in [5.41, 5.74) is 0.938. The number of furan rings is 1. The zero-order chi connectivity index (χ0) is 13.7. The lowest BCUT2D eigenvalue weighted by Crippen LogP contribution is -2.37. The van der Waals surface area contributed by atoms with Crippen molar-refractivity contribution in [3.63, 3.8) is 0 Å². The Bertz CT molecular complexity index is 594. The van der Waals surface area contributed by atoms with E-state index in [1.54, 1.807) is 12.1 Å². The first-order valence-electron chi connectivity index (χ1n) is 5.85. The van der Waals surface area contributed by atoms with Gasteiger partial charge in [0.25, 0.3) is 10.2 Å². The van der Waals surface area contributed by atoms with Crippen LogP contribution < -0.4 is 4.72 Å². The summed E-state index contributed by atoms with van der Waals surface area (Å²) in [7, 11) is -1.97. The van der Waals surface area contributed by atoms with Crippen LogP contribution in [0, 0.1) is 0 Å². The molecule has 0 radical (unpaired) electrons. The maximum absolute atomic E-state index is 12.0. The van der Waals surface area contributed by atoms with Gasteiger partial charge in [0, 0.05) is 13.6 Å². The molecule has 0 fully saturated rings. The van der Waals surface area contributed by atoms with Crippen molar-refractivity contribution in [3.8, 4) is 0 Å². The number of benzene rings is 1. The maximum Gasteiger partial charge on any atom is 0.279 e. The SMILES string of the molecule is CN(Cc1ccccc1)S(=O)(=O)NCc1ccco1. The molecule has 2 aromatic rings. The molecule has 0 aliphatic heterocycles. The van der Waals surface area contributed by atoms with Crippen LogP contribution in [0.5, 0.6) is 0 Å². The van der Waals surface area contributed by atoms with E-state index in [0.29, 0.717) is 12.3 Å². The Morgan fingerprint density at radius 1 is 1.16 bits per heavy atom. The maximum atomic E-state index is 12.0. The second-order valence-corrected chi connectivity index (χ2v) is 6.01. The van der Waals surface area contributed by atoms with Gasteiger partial charge in [-0.1, -0.05) is 30.3 Å². The van der Waals surface area contributed by atoms with Crippen molar-refractivity contribution in [2.75, 3.05) is 7.05 Å². The summed E-state index contributed by atoms with van der Waals surface area (Å²) in [6, 6.07) is 12.9. The number of hydrogen-bond donors (Lipinski definition) is 1. The van der Waals surface area contributed by atoms with Gasteiger partial charge in [0.05, 0.1) is 12.8 Å². The van der Waals surface area contributed by atoms with Gasteiger partial charge in [-0.15, -0.1) is 0 Å². The smallest absolute Gasteiger partial charge is 0.279 e. The Morgan fingerprint density at radius 3 is 2.53 bits per heavy atom. The predicted octanol–water partition coefficient (Wildman–Crippen LogP) is 1.75. The van der Waals surface area contributed by atoms with Gasteiger partial charge in [-0.2, -0.15) is 17.4 Å². The lowest BCUT2D eigenvalue weighted by molar-refractivity contribution is 0.445. The van der Waals surface area contributed by atoms with Crippen molar-refractivity contribution in [1.29, 1.82) is 0 Å². The topological polar surface area (TPSA) is 62.6 Å². The Kier molecular flexibility index (Phi) is 4.36. The average Bonchev–Trinajstić information content (AvgIpc) is 2.91. The molecular formula is C13H16N2O3S. The van der Waals surface area contributed by atoms with Crippen molar-refractivity contribution in [3.05, 3.63) is 60.1 Å². The van der Waals surface area contributed by atoms with E-state index in [1.165, 1.54) is 17.6 Å². The minimum Gasteiger partial charge on any atom is -0.468 e. The highest BCUT2D eigenvalue weighted by atomic mass is 32.2. The zero-order valence-corrected chi connectivity index (χ0v) is 11.4. The summed E-state index contributed by atoms with van der Waals surface area (Å²) in [5, 5.41) is 0.